The summed E-state index contributed by atoms with van der Waals surface area (Å²) in [6.07, 6.45) is 0.196. The summed E-state index contributed by atoms with van der Waals surface area (Å²) in [5.74, 6) is -0.743. The minimum Gasteiger partial charge on any atom is -0.481 e. The van der Waals surface area contributed by atoms with Gasteiger partial charge in [-0.2, -0.15) is 0 Å². The standard InChI is InChI=1S/C13H19NO2/c1-10-6-11(2)8-12(7-10)9-14(3)5-4-13(15)16/h6-8H,4-5,9H2,1-3H3,(H,15,16). The number of carboxylic acid groups (broad SMARTS) is 1. The first kappa shape index (κ1) is 12.7. The first-order chi connectivity index (χ1) is 7.47. The number of aryl methyl sites for hydroxylation is 2. The third kappa shape index (κ3) is 4.45. The highest BCUT2D eigenvalue weighted by molar-refractivity contribution is 5.66. The summed E-state index contributed by atoms with van der Waals surface area (Å²) in [6.45, 7) is 5.54. The number of hydrogen-bond acceptors (Lipinski definition) is 2. The van der Waals surface area contributed by atoms with Crippen LogP contribution >= 0.6 is 0 Å². The maximum Gasteiger partial charge on any atom is 0.304 e. The van der Waals surface area contributed by atoms with E-state index in [1.165, 1.54) is 16.7 Å². The third-order valence-corrected chi connectivity index (χ3v) is 2.44. The molecule has 1 aromatic rings. The number of carbonyl (C=O) groups is 1. The molecule has 0 spiro atoms. The second kappa shape index (κ2) is 5.66. The normalized spacial score (nSPS) is 10.8. The van der Waals surface area contributed by atoms with E-state index in [9.17, 15) is 4.79 Å². The van der Waals surface area contributed by atoms with Gasteiger partial charge in [-0.1, -0.05) is 29.3 Å². The van der Waals surface area contributed by atoms with Crippen molar-refractivity contribution < 1.29 is 9.90 Å². The quantitative estimate of drug-likeness (QED) is 0.828. The van der Waals surface area contributed by atoms with E-state index in [0.717, 1.165) is 6.54 Å². The molecule has 16 heavy (non-hydrogen) atoms. The van der Waals surface area contributed by atoms with Gasteiger partial charge in [-0.05, 0) is 26.5 Å². The van der Waals surface area contributed by atoms with Crippen LogP contribution in [-0.4, -0.2) is 29.6 Å². The predicted octanol–water partition coefficient (Wildman–Crippen LogP) is 2.21. The number of benzene rings is 1. The summed E-state index contributed by atoms with van der Waals surface area (Å²) in [7, 11) is 1.95. The summed E-state index contributed by atoms with van der Waals surface area (Å²) in [4.78, 5) is 12.5. The molecule has 0 aliphatic heterocycles. The first-order valence-corrected chi connectivity index (χ1v) is 5.45. The minimum atomic E-state index is -0.743. The molecule has 1 N–H and O–H groups in total. The van der Waals surface area contributed by atoms with E-state index < -0.39 is 5.97 Å². The van der Waals surface area contributed by atoms with Crippen molar-refractivity contribution in [1.29, 1.82) is 0 Å². The Balaban J connectivity index is 2.55. The van der Waals surface area contributed by atoms with Crippen molar-refractivity contribution in [2.24, 2.45) is 0 Å². The maximum atomic E-state index is 10.4. The lowest BCUT2D eigenvalue weighted by molar-refractivity contribution is -0.137. The van der Waals surface area contributed by atoms with Crippen LogP contribution in [0, 0.1) is 13.8 Å². The van der Waals surface area contributed by atoms with Gasteiger partial charge in [0.05, 0.1) is 6.42 Å². The van der Waals surface area contributed by atoms with Crippen LogP contribution in [0.25, 0.3) is 0 Å². The summed E-state index contributed by atoms with van der Waals surface area (Å²) >= 11 is 0. The molecular weight excluding hydrogens is 202 g/mol. The molecular formula is C13H19NO2. The Labute approximate surface area is 96.7 Å². The van der Waals surface area contributed by atoms with E-state index >= 15 is 0 Å². The van der Waals surface area contributed by atoms with Crippen molar-refractivity contribution >= 4 is 5.97 Å². The second-order valence-corrected chi connectivity index (χ2v) is 4.38. The van der Waals surface area contributed by atoms with Crippen LogP contribution < -0.4 is 0 Å². The highest BCUT2D eigenvalue weighted by atomic mass is 16.4. The Hall–Kier alpha value is -1.35. The van der Waals surface area contributed by atoms with Crippen molar-refractivity contribution in [2.75, 3.05) is 13.6 Å². The molecule has 0 bridgehead atoms. The smallest absolute Gasteiger partial charge is 0.304 e. The van der Waals surface area contributed by atoms with Crippen LogP contribution in [0.1, 0.15) is 23.1 Å². The van der Waals surface area contributed by atoms with Gasteiger partial charge in [-0.3, -0.25) is 4.79 Å². The Morgan fingerprint density at radius 2 is 1.81 bits per heavy atom. The maximum absolute atomic E-state index is 10.4. The van der Waals surface area contributed by atoms with Crippen molar-refractivity contribution in [3.63, 3.8) is 0 Å². The zero-order valence-electron chi connectivity index (χ0n) is 10.2. The largest absolute Gasteiger partial charge is 0.481 e. The molecule has 0 saturated heterocycles. The molecule has 0 atom stereocenters. The van der Waals surface area contributed by atoms with E-state index in [-0.39, 0.29) is 6.42 Å². The molecule has 0 aliphatic rings. The topological polar surface area (TPSA) is 40.5 Å². The van der Waals surface area contributed by atoms with Gasteiger partial charge in [0.1, 0.15) is 0 Å². The van der Waals surface area contributed by atoms with Crippen molar-refractivity contribution in [1.82, 2.24) is 4.90 Å². The molecule has 3 heteroatoms. The van der Waals surface area contributed by atoms with Crippen LogP contribution in [0.4, 0.5) is 0 Å². The number of aliphatic carboxylic acids is 1. The van der Waals surface area contributed by atoms with Crippen molar-refractivity contribution in [3.8, 4) is 0 Å². The lowest BCUT2D eigenvalue weighted by Gasteiger charge is -2.16. The Kier molecular flexibility index (Phi) is 4.50. The fraction of sp³-hybridized carbons (Fsp3) is 0.462. The van der Waals surface area contributed by atoms with E-state index in [4.69, 9.17) is 5.11 Å². The molecule has 3 nitrogen and oxygen atoms in total. The fourth-order valence-corrected chi connectivity index (χ4v) is 1.84. The molecule has 88 valence electrons. The Bertz CT molecular complexity index is 354. The highest BCUT2D eigenvalue weighted by Gasteiger charge is 2.04. The van der Waals surface area contributed by atoms with Crippen LogP contribution in [0.15, 0.2) is 18.2 Å². The molecule has 1 rings (SSSR count). The number of nitrogens with zero attached hydrogens (tertiary/aromatic N) is 1. The van der Waals surface area contributed by atoms with Crippen LogP contribution in [-0.2, 0) is 11.3 Å². The predicted molar refractivity (Wildman–Crippen MR) is 64.5 cm³/mol. The van der Waals surface area contributed by atoms with Gasteiger partial charge in [-0.15, -0.1) is 0 Å². The summed E-state index contributed by atoms with van der Waals surface area (Å²) in [5, 5.41) is 8.59. The highest BCUT2D eigenvalue weighted by Crippen LogP contribution is 2.10. The van der Waals surface area contributed by atoms with Gasteiger partial charge in [0.2, 0.25) is 0 Å². The molecule has 1 aromatic carbocycles. The molecule has 0 radical (unpaired) electrons. The van der Waals surface area contributed by atoms with E-state index in [1.807, 2.05) is 11.9 Å². The molecule has 0 heterocycles. The third-order valence-electron chi connectivity index (χ3n) is 2.44. The average molecular weight is 221 g/mol. The summed E-state index contributed by atoms with van der Waals surface area (Å²) in [5.41, 5.74) is 3.74. The summed E-state index contributed by atoms with van der Waals surface area (Å²) in [6, 6.07) is 6.43. The molecule has 0 aliphatic carbocycles. The molecule has 0 aromatic heterocycles. The van der Waals surface area contributed by atoms with Crippen molar-refractivity contribution in [3.05, 3.63) is 34.9 Å². The van der Waals surface area contributed by atoms with E-state index in [0.29, 0.717) is 6.54 Å². The minimum absolute atomic E-state index is 0.196. The SMILES string of the molecule is Cc1cc(C)cc(CN(C)CCC(=O)O)c1. The van der Waals surface area contributed by atoms with E-state index in [2.05, 4.69) is 32.0 Å². The number of carboxylic acids is 1. The number of hydrogen-bond donors (Lipinski definition) is 1. The summed E-state index contributed by atoms with van der Waals surface area (Å²) < 4.78 is 0. The van der Waals surface area contributed by atoms with Gasteiger partial charge in [-0.25, -0.2) is 0 Å². The molecule has 0 unspecified atom stereocenters. The zero-order chi connectivity index (χ0) is 12.1. The van der Waals surface area contributed by atoms with E-state index in [1.54, 1.807) is 0 Å². The van der Waals surface area contributed by atoms with Crippen molar-refractivity contribution in [2.45, 2.75) is 26.8 Å². The monoisotopic (exact) mass is 221 g/mol. The first-order valence-electron chi connectivity index (χ1n) is 5.45. The van der Waals surface area contributed by atoms with Crippen LogP contribution in [0.3, 0.4) is 0 Å². The second-order valence-electron chi connectivity index (χ2n) is 4.38. The van der Waals surface area contributed by atoms with Crippen LogP contribution in [0.5, 0.6) is 0 Å². The van der Waals surface area contributed by atoms with Crippen LogP contribution in [0.2, 0.25) is 0 Å². The molecule has 0 fully saturated rings. The molecule has 0 amide bonds. The fourth-order valence-electron chi connectivity index (χ4n) is 1.84. The van der Waals surface area contributed by atoms with Gasteiger partial charge in [0.15, 0.2) is 0 Å². The Morgan fingerprint density at radius 3 is 2.31 bits per heavy atom. The van der Waals surface area contributed by atoms with Gasteiger partial charge in [0, 0.05) is 13.1 Å². The van der Waals surface area contributed by atoms with Gasteiger partial charge < -0.3 is 10.0 Å². The average Bonchev–Trinajstić information content (AvgIpc) is 2.12. The zero-order valence-corrected chi connectivity index (χ0v) is 10.2. The lowest BCUT2D eigenvalue weighted by Crippen LogP contribution is -2.21. The molecule has 0 saturated carbocycles. The van der Waals surface area contributed by atoms with Gasteiger partial charge >= 0.3 is 5.97 Å². The number of rotatable bonds is 5. The Morgan fingerprint density at radius 1 is 1.25 bits per heavy atom. The lowest BCUT2D eigenvalue weighted by atomic mass is 10.1. The van der Waals surface area contributed by atoms with Gasteiger partial charge in [0.25, 0.3) is 0 Å².